The maximum atomic E-state index is 5.32. The molecule has 2 nitrogen and oxygen atoms in total. The fourth-order valence-corrected chi connectivity index (χ4v) is 9.32. The van der Waals surface area contributed by atoms with E-state index in [1.54, 1.807) is 0 Å². The monoisotopic (exact) mass is 726 g/mol. The first kappa shape index (κ1) is 33.2. The molecule has 0 saturated carbocycles. The molecule has 9 aromatic carbocycles. The van der Waals surface area contributed by atoms with Crippen molar-refractivity contribution in [3.63, 3.8) is 0 Å². The van der Waals surface area contributed by atoms with Gasteiger partial charge in [-0.3, -0.25) is 0 Å². The topological polar surface area (TPSA) is 25.8 Å². The van der Waals surface area contributed by atoms with Crippen molar-refractivity contribution >= 4 is 32.3 Å². The van der Waals surface area contributed by atoms with Gasteiger partial charge in [0.15, 0.2) is 5.82 Å². The molecule has 0 amide bonds. The predicted octanol–water partition coefficient (Wildman–Crippen LogP) is 14.6. The standard InChI is InChI=1S/C55H38N2/c1-55(2)50-31-27-39(33-49(50)47-28-26-36-15-7-9-22-43(36)53(47)55)38-19-12-20-40(32-38)42-29-30-48(45-24-11-10-23-44(42)45)54-56-51(37-16-4-3-5-17-37)34-52(57-54)46-25-13-18-35-14-6-8-21-41(35)46/h3-34H,1-2H3. The third-order valence-electron chi connectivity index (χ3n) is 12.1. The van der Waals surface area contributed by atoms with Gasteiger partial charge >= 0.3 is 0 Å². The number of nitrogens with zero attached hydrogens (tertiary/aromatic N) is 2. The summed E-state index contributed by atoms with van der Waals surface area (Å²) in [4.78, 5) is 10.6. The molecule has 0 radical (unpaired) electrons. The van der Waals surface area contributed by atoms with Gasteiger partial charge in [0.25, 0.3) is 0 Å². The lowest BCUT2D eigenvalue weighted by molar-refractivity contribution is 0.666. The van der Waals surface area contributed by atoms with E-state index in [1.807, 2.05) is 6.07 Å². The van der Waals surface area contributed by atoms with Gasteiger partial charge in [0, 0.05) is 22.1 Å². The van der Waals surface area contributed by atoms with Crippen molar-refractivity contribution in [1.29, 1.82) is 0 Å². The minimum absolute atomic E-state index is 0.0768. The molecule has 1 aromatic heterocycles. The van der Waals surface area contributed by atoms with Crippen LogP contribution in [-0.2, 0) is 5.41 Å². The van der Waals surface area contributed by atoms with Crippen LogP contribution in [0.2, 0.25) is 0 Å². The molecular formula is C55H38N2. The van der Waals surface area contributed by atoms with E-state index in [4.69, 9.17) is 9.97 Å². The summed E-state index contributed by atoms with van der Waals surface area (Å²) in [6.07, 6.45) is 0. The van der Waals surface area contributed by atoms with E-state index in [0.29, 0.717) is 5.82 Å². The Bertz CT molecular complexity index is 3210. The SMILES string of the molecule is CC1(C)c2ccc(-c3cccc(-c4ccc(-c5nc(-c6ccccc6)cc(-c6cccc7ccccc67)n5)c5ccccc45)c3)cc2-c2ccc3ccccc3c21. The Morgan fingerprint density at radius 2 is 0.912 bits per heavy atom. The maximum Gasteiger partial charge on any atom is 0.161 e. The summed E-state index contributed by atoms with van der Waals surface area (Å²) in [6, 6.07) is 70.1. The van der Waals surface area contributed by atoms with Crippen molar-refractivity contribution in [1.82, 2.24) is 9.97 Å². The highest BCUT2D eigenvalue weighted by molar-refractivity contribution is 6.05. The summed E-state index contributed by atoms with van der Waals surface area (Å²) in [5.74, 6) is 0.713. The quantitative estimate of drug-likeness (QED) is 0.176. The second kappa shape index (κ2) is 13.0. The van der Waals surface area contributed by atoms with Crippen molar-refractivity contribution in [2.75, 3.05) is 0 Å². The lowest BCUT2D eigenvalue weighted by Crippen LogP contribution is -2.15. The fourth-order valence-electron chi connectivity index (χ4n) is 9.32. The van der Waals surface area contributed by atoms with Gasteiger partial charge in [-0.15, -0.1) is 0 Å². The Hall–Kier alpha value is -7.16. The third kappa shape index (κ3) is 5.40. The zero-order chi connectivity index (χ0) is 38.1. The molecule has 10 aromatic rings. The van der Waals surface area contributed by atoms with Crippen LogP contribution in [0.5, 0.6) is 0 Å². The third-order valence-corrected chi connectivity index (χ3v) is 12.1. The van der Waals surface area contributed by atoms with Crippen LogP contribution in [0.1, 0.15) is 25.0 Å². The van der Waals surface area contributed by atoms with Crippen LogP contribution in [0, 0.1) is 0 Å². The van der Waals surface area contributed by atoms with Crippen molar-refractivity contribution in [3.8, 4) is 67.3 Å². The van der Waals surface area contributed by atoms with Crippen LogP contribution < -0.4 is 0 Å². The number of fused-ring (bicyclic) bond motifs is 7. The van der Waals surface area contributed by atoms with Gasteiger partial charge in [-0.25, -0.2) is 9.97 Å². The lowest BCUT2D eigenvalue weighted by atomic mass is 9.80. The summed E-state index contributed by atoms with van der Waals surface area (Å²) in [6.45, 7) is 4.74. The summed E-state index contributed by atoms with van der Waals surface area (Å²) in [5.41, 5.74) is 15.2. The lowest BCUT2D eigenvalue weighted by Gasteiger charge is -2.23. The van der Waals surface area contributed by atoms with Gasteiger partial charge in [0.1, 0.15) is 0 Å². The van der Waals surface area contributed by atoms with Crippen LogP contribution in [0.3, 0.4) is 0 Å². The van der Waals surface area contributed by atoms with Gasteiger partial charge in [0.05, 0.1) is 11.4 Å². The molecule has 2 heteroatoms. The average Bonchev–Trinajstić information content (AvgIpc) is 3.51. The van der Waals surface area contributed by atoms with E-state index in [0.717, 1.165) is 33.5 Å². The largest absolute Gasteiger partial charge is 0.228 e. The van der Waals surface area contributed by atoms with Crippen LogP contribution in [-0.4, -0.2) is 9.97 Å². The predicted molar refractivity (Wildman–Crippen MR) is 239 cm³/mol. The highest BCUT2D eigenvalue weighted by Gasteiger charge is 2.37. The molecule has 0 N–H and O–H groups in total. The maximum absolute atomic E-state index is 5.32. The molecule has 268 valence electrons. The van der Waals surface area contributed by atoms with E-state index >= 15 is 0 Å². The fraction of sp³-hybridized carbons (Fsp3) is 0.0545. The minimum Gasteiger partial charge on any atom is -0.228 e. The number of rotatable bonds is 5. The van der Waals surface area contributed by atoms with Crippen LogP contribution >= 0.6 is 0 Å². The van der Waals surface area contributed by atoms with Gasteiger partial charge in [-0.1, -0.05) is 184 Å². The summed E-state index contributed by atoms with van der Waals surface area (Å²) in [7, 11) is 0. The average molecular weight is 727 g/mol. The highest BCUT2D eigenvalue weighted by Crippen LogP contribution is 2.52. The molecule has 0 saturated heterocycles. The Morgan fingerprint density at radius 3 is 1.74 bits per heavy atom. The normalized spacial score (nSPS) is 12.9. The molecular weight excluding hydrogens is 689 g/mol. The number of aromatic nitrogens is 2. The molecule has 0 atom stereocenters. The minimum atomic E-state index is -0.0768. The van der Waals surface area contributed by atoms with Crippen LogP contribution in [0.25, 0.3) is 99.6 Å². The molecule has 1 aliphatic carbocycles. The first-order valence-corrected chi connectivity index (χ1v) is 19.7. The zero-order valence-corrected chi connectivity index (χ0v) is 31.9. The first-order chi connectivity index (χ1) is 28.0. The zero-order valence-electron chi connectivity index (χ0n) is 31.9. The molecule has 1 aliphatic rings. The smallest absolute Gasteiger partial charge is 0.161 e. The van der Waals surface area contributed by atoms with Gasteiger partial charge in [-0.05, 0) is 101 Å². The Balaban J connectivity index is 1.03. The van der Waals surface area contributed by atoms with Crippen LogP contribution in [0.4, 0.5) is 0 Å². The van der Waals surface area contributed by atoms with Crippen molar-refractivity contribution in [3.05, 3.63) is 205 Å². The summed E-state index contributed by atoms with van der Waals surface area (Å²) in [5, 5.41) is 7.30. The molecule has 0 bridgehead atoms. The van der Waals surface area contributed by atoms with Gasteiger partial charge in [0.2, 0.25) is 0 Å². The van der Waals surface area contributed by atoms with E-state index in [2.05, 4.69) is 202 Å². The second-order valence-corrected chi connectivity index (χ2v) is 15.7. The Kier molecular flexibility index (Phi) is 7.55. The van der Waals surface area contributed by atoms with Crippen LogP contribution in [0.15, 0.2) is 194 Å². The number of benzene rings is 9. The molecule has 0 spiro atoms. The molecule has 57 heavy (non-hydrogen) atoms. The molecule has 0 aliphatic heterocycles. The van der Waals surface area contributed by atoms with Crippen molar-refractivity contribution < 1.29 is 0 Å². The molecule has 1 heterocycles. The van der Waals surface area contributed by atoms with E-state index in [-0.39, 0.29) is 5.41 Å². The Labute approximate surface area is 332 Å². The first-order valence-electron chi connectivity index (χ1n) is 19.7. The number of hydrogen-bond acceptors (Lipinski definition) is 2. The number of hydrogen-bond donors (Lipinski definition) is 0. The van der Waals surface area contributed by atoms with Crippen molar-refractivity contribution in [2.45, 2.75) is 19.3 Å². The van der Waals surface area contributed by atoms with Crippen molar-refractivity contribution in [2.24, 2.45) is 0 Å². The Morgan fingerprint density at radius 1 is 0.333 bits per heavy atom. The molecule has 0 unspecified atom stereocenters. The second-order valence-electron chi connectivity index (χ2n) is 15.7. The summed E-state index contributed by atoms with van der Waals surface area (Å²) >= 11 is 0. The van der Waals surface area contributed by atoms with E-state index < -0.39 is 0 Å². The summed E-state index contributed by atoms with van der Waals surface area (Å²) < 4.78 is 0. The van der Waals surface area contributed by atoms with E-state index in [1.165, 1.54) is 71.4 Å². The van der Waals surface area contributed by atoms with Gasteiger partial charge in [-0.2, -0.15) is 0 Å². The molecule has 11 rings (SSSR count). The highest BCUT2D eigenvalue weighted by atomic mass is 14.9. The van der Waals surface area contributed by atoms with Gasteiger partial charge < -0.3 is 0 Å². The van der Waals surface area contributed by atoms with E-state index in [9.17, 15) is 0 Å². The molecule has 0 fully saturated rings.